The van der Waals surface area contributed by atoms with Crippen LogP contribution in [-0.2, 0) is 9.59 Å². The van der Waals surface area contributed by atoms with E-state index in [2.05, 4.69) is 22.5 Å². The smallest absolute Gasteiger partial charge is 0.225 e. The van der Waals surface area contributed by atoms with E-state index in [1.54, 1.807) is 0 Å². The van der Waals surface area contributed by atoms with Crippen LogP contribution in [0, 0.1) is 11.8 Å². The molecule has 1 saturated heterocycles. The van der Waals surface area contributed by atoms with E-state index in [9.17, 15) is 9.59 Å². The fourth-order valence-electron chi connectivity index (χ4n) is 5.06. The van der Waals surface area contributed by atoms with Gasteiger partial charge in [-0.2, -0.15) is 0 Å². The van der Waals surface area contributed by atoms with Gasteiger partial charge in [-0.15, -0.1) is 0 Å². The molecule has 0 spiro atoms. The van der Waals surface area contributed by atoms with E-state index < -0.39 is 0 Å². The molecular weight excluding hydrogens is 326 g/mol. The zero-order chi connectivity index (χ0) is 18.4. The summed E-state index contributed by atoms with van der Waals surface area (Å²) in [7, 11) is 0. The lowest BCUT2D eigenvalue weighted by Gasteiger charge is -2.38. The summed E-state index contributed by atoms with van der Waals surface area (Å²) in [6.07, 6.45) is 11.5. The summed E-state index contributed by atoms with van der Waals surface area (Å²) in [6, 6.07) is 0.703. The molecule has 0 aromatic heterocycles. The van der Waals surface area contributed by atoms with Gasteiger partial charge in [-0.3, -0.25) is 9.59 Å². The predicted molar refractivity (Wildman–Crippen MR) is 104 cm³/mol. The minimum atomic E-state index is 0.163. The van der Waals surface area contributed by atoms with Crippen molar-refractivity contribution >= 4 is 11.8 Å². The summed E-state index contributed by atoms with van der Waals surface area (Å²) in [6.45, 7) is 5.11. The zero-order valence-corrected chi connectivity index (χ0v) is 16.5. The molecule has 0 bridgehead atoms. The van der Waals surface area contributed by atoms with Crippen molar-refractivity contribution in [3.8, 4) is 0 Å². The molecule has 0 aromatic carbocycles. The minimum absolute atomic E-state index is 0.163. The van der Waals surface area contributed by atoms with Crippen LogP contribution in [0.1, 0.15) is 77.6 Å². The van der Waals surface area contributed by atoms with Gasteiger partial charge in [0.1, 0.15) is 0 Å². The first-order chi connectivity index (χ1) is 12.7. The molecule has 0 atom stereocenters. The van der Waals surface area contributed by atoms with Crippen LogP contribution in [0.15, 0.2) is 0 Å². The summed E-state index contributed by atoms with van der Waals surface area (Å²) in [5, 5.41) is 6.66. The first-order valence-corrected chi connectivity index (χ1v) is 11.0. The lowest BCUT2D eigenvalue weighted by Crippen LogP contribution is -2.49. The second-order valence-electron chi connectivity index (χ2n) is 8.55. The monoisotopic (exact) mass is 363 g/mol. The van der Waals surface area contributed by atoms with Gasteiger partial charge >= 0.3 is 0 Å². The van der Waals surface area contributed by atoms with Crippen LogP contribution in [-0.4, -0.2) is 48.4 Å². The number of hydrogen-bond acceptors (Lipinski definition) is 3. The summed E-state index contributed by atoms with van der Waals surface area (Å²) in [4.78, 5) is 27.7. The van der Waals surface area contributed by atoms with Crippen molar-refractivity contribution in [3.05, 3.63) is 0 Å². The van der Waals surface area contributed by atoms with E-state index in [0.29, 0.717) is 11.9 Å². The Hall–Kier alpha value is -1.10. The molecule has 0 unspecified atom stereocenters. The lowest BCUT2D eigenvalue weighted by molar-refractivity contribution is -0.139. The van der Waals surface area contributed by atoms with Gasteiger partial charge in [0.25, 0.3) is 0 Å². The SMILES string of the molecule is CCCN(C(=O)C1CCC(NC(=O)C2CCCC2)CC1)C1CCNCC1. The molecule has 3 aliphatic rings. The molecule has 1 aliphatic heterocycles. The highest BCUT2D eigenvalue weighted by molar-refractivity contribution is 5.80. The van der Waals surface area contributed by atoms with Gasteiger partial charge in [0, 0.05) is 30.5 Å². The van der Waals surface area contributed by atoms with Crippen LogP contribution in [0.3, 0.4) is 0 Å². The number of nitrogens with zero attached hydrogens (tertiary/aromatic N) is 1. The molecule has 5 nitrogen and oxygen atoms in total. The molecule has 2 aliphatic carbocycles. The van der Waals surface area contributed by atoms with Gasteiger partial charge in [0.2, 0.25) is 11.8 Å². The molecule has 2 saturated carbocycles. The number of rotatable bonds is 6. The minimum Gasteiger partial charge on any atom is -0.353 e. The van der Waals surface area contributed by atoms with Crippen molar-refractivity contribution in [3.63, 3.8) is 0 Å². The molecule has 1 heterocycles. The Morgan fingerprint density at radius 3 is 2.19 bits per heavy atom. The molecule has 2 N–H and O–H groups in total. The van der Waals surface area contributed by atoms with Crippen molar-refractivity contribution in [2.45, 2.75) is 89.6 Å². The Kier molecular flexibility index (Phi) is 7.35. The maximum absolute atomic E-state index is 13.1. The third kappa shape index (κ3) is 4.99. The first-order valence-electron chi connectivity index (χ1n) is 11.0. The molecule has 5 heteroatoms. The molecule has 3 fully saturated rings. The fraction of sp³-hybridized carbons (Fsp3) is 0.905. The fourth-order valence-corrected chi connectivity index (χ4v) is 5.06. The van der Waals surface area contributed by atoms with Gasteiger partial charge in [0.15, 0.2) is 0 Å². The molecule has 0 aromatic rings. The third-order valence-corrected chi connectivity index (χ3v) is 6.65. The summed E-state index contributed by atoms with van der Waals surface area (Å²) in [5.41, 5.74) is 0. The van der Waals surface area contributed by atoms with E-state index >= 15 is 0 Å². The lowest BCUT2D eigenvalue weighted by atomic mass is 9.84. The van der Waals surface area contributed by atoms with E-state index in [1.165, 1.54) is 12.8 Å². The number of nitrogens with one attached hydrogen (secondary N) is 2. The van der Waals surface area contributed by atoms with E-state index in [1.807, 2.05) is 0 Å². The molecule has 26 heavy (non-hydrogen) atoms. The summed E-state index contributed by atoms with van der Waals surface area (Å²) in [5.74, 6) is 1.05. The Labute approximate surface area is 158 Å². The maximum atomic E-state index is 13.1. The topological polar surface area (TPSA) is 61.4 Å². The largest absolute Gasteiger partial charge is 0.353 e. The first kappa shape index (κ1) is 19.7. The zero-order valence-electron chi connectivity index (χ0n) is 16.5. The average Bonchev–Trinajstić information content (AvgIpc) is 3.22. The highest BCUT2D eigenvalue weighted by Gasteiger charge is 2.34. The van der Waals surface area contributed by atoms with E-state index in [0.717, 1.165) is 77.4 Å². The second kappa shape index (κ2) is 9.72. The third-order valence-electron chi connectivity index (χ3n) is 6.65. The number of piperidine rings is 1. The molecule has 148 valence electrons. The molecule has 2 amide bonds. The number of hydrogen-bond donors (Lipinski definition) is 2. The molecular formula is C21H37N3O2. The Balaban J connectivity index is 1.47. The average molecular weight is 364 g/mol. The van der Waals surface area contributed by atoms with Gasteiger partial charge in [-0.25, -0.2) is 0 Å². The molecule has 3 rings (SSSR count). The van der Waals surface area contributed by atoms with Crippen LogP contribution in [0.2, 0.25) is 0 Å². The number of carbonyl (C=O) groups is 2. The van der Waals surface area contributed by atoms with Crippen LogP contribution in [0.25, 0.3) is 0 Å². The Morgan fingerprint density at radius 1 is 0.923 bits per heavy atom. The number of carbonyl (C=O) groups excluding carboxylic acids is 2. The van der Waals surface area contributed by atoms with Crippen molar-refractivity contribution in [2.75, 3.05) is 19.6 Å². The van der Waals surface area contributed by atoms with Crippen molar-refractivity contribution in [2.24, 2.45) is 11.8 Å². The number of amides is 2. The Bertz CT molecular complexity index is 462. The van der Waals surface area contributed by atoms with Crippen LogP contribution >= 0.6 is 0 Å². The van der Waals surface area contributed by atoms with Gasteiger partial charge in [-0.05, 0) is 70.9 Å². The van der Waals surface area contributed by atoms with Crippen LogP contribution in [0.5, 0.6) is 0 Å². The molecule has 0 radical (unpaired) electrons. The van der Waals surface area contributed by atoms with Crippen molar-refractivity contribution < 1.29 is 9.59 Å². The quantitative estimate of drug-likeness (QED) is 0.763. The highest BCUT2D eigenvalue weighted by Crippen LogP contribution is 2.29. The standard InChI is InChI=1S/C21H37N3O2/c1-2-15-24(19-11-13-22-14-12-19)21(26)17-7-9-18(10-8-17)23-20(25)16-5-3-4-6-16/h16-19,22H,2-15H2,1H3,(H,23,25). The van der Waals surface area contributed by atoms with Gasteiger partial charge in [0.05, 0.1) is 0 Å². The van der Waals surface area contributed by atoms with E-state index in [-0.39, 0.29) is 23.8 Å². The van der Waals surface area contributed by atoms with Crippen LogP contribution in [0.4, 0.5) is 0 Å². The maximum Gasteiger partial charge on any atom is 0.225 e. The van der Waals surface area contributed by atoms with Crippen molar-refractivity contribution in [1.82, 2.24) is 15.5 Å². The normalized spacial score (nSPS) is 28.0. The highest BCUT2D eigenvalue weighted by atomic mass is 16.2. The van der Waals surface area contributed by atoms with E-state index in [4.69, 9.17) is 0 Å². The van der Waals surface area contributed by atoms with Gasteiger partial charge in [-0.1, -0.05) is 19.8 Å². The Morgan fingerprint density at radius 2 is 1.58 bits per heavy atom. The van der Waals surface area contributed by atoms with Gasteiger partial charge < -0.3 is 15.5 Å². The predicted octanol–water partition coefficient (Wildman–Crippen LogP) is 2.84. The van der Waals surface area contributed by atoms with Crippen LogP contribution < -0.4 is 10.6 Å². The summed E-state index contributed by atoms with van der Waals surface area (Å²) >= 11 is 0. The van der Waals surface area contributed by atoms with Crippen molar-refractivity contribution in [1.29, 1.82) is 0 Å². The second-order valence-corrected chi connectivity index (χ2v) is 8.55. The summed E-state index contributed by atoms with van der Waals surface area (Å²) < 4.78 is 0.